The number of nitrogens with zero attached hydrogens (tertiary/aromatic N) is 4. The van der Waals surface area contributed by atoms with Crippen molar-refractivity contribution in [1.82, 2.24) is 19.5 Å². The van der Waals surface area contributed by atoms with E-state index in [-0.39, 0.29) is 41.5 Å². The minimum Gasteiger partial charge on any atom is -0.481 e. The van der Waals surface area contributed by atoms with Crippen molar-refractivity contribution in [2.75, 3.05) is 12.3 Å². The number of carbonyl (C=O) groups is 3. The number of halogens is 2. The van der Waals surface area contributed by atoms with Crippen LogP contribution >= 0.6 is 11.6 Å². The van der Waals surface area contributed by atoms with Crippen LogP contribution < -0.4 is 5.73 Å². The molecule has 1 saturated heterocycles. The number of anilines is 1. The van der Waals surface area contributed by atoms with Crippen LogP contribution in [-0.2, 0) is 36.7 Å². The van der Waals surface area contributed by atoms with E-state index in [1.165, 1.54) is 23.0 Å². The van der Waals surface area contributed by atoms with Crippen LogP contribution in [0.25, 0.3) is 11.2 Å². The molecule has 202 valence electrons. The summed E-state index contributed by atoms with van der Waals surface area (Å²) in [6, 6.07) is 6.18. The van der Waals surface area contributed by atoms with E-state index in [4.69, 9.17) is 31.9 Å². The van der Waals surface area contributed by atoms with Crippen LogP contribution in [0.3, 0.4) is 0 Å². The Bertz CT molecular complexity index is 1350. The number of benzene rings is 1. The molecule has 3 heterocycles. The fraction of sp³-hybridized carbons (Fsp3) is 0.391. The van der Waals surface area contributed by atoms with Gasteiger partial charge in [-0.25, -0.2) is 19.0 Å². The predicted molar refractivity (Wildman–Crippen MR) is 128 cm³/mol. The molecule has 0 radical (unpaired) electrons. The highest BCUT2D eigenvalue weighted by atomic mass is 35.5. The molecule has 13 nitrogen and oxygen atoms in total. The maximum atomic E-state index is 15.0. The van der Waals surface area contributed by atoms with Crippen molar-refractivity contribution < 1.29 is 43.6 Å². The summed E-state index contributed by atoms with van der Waals surface area (Å²) < 4.78 is 27.4. The number of rotatable bonds is 11. The third-order valence-corrected chi connectivity index (χ3v) is 6.30. The fourth-order valence-corrected chi connectivity index (χ4v) is 4.34. The van der Waals surface area contributed by atoms with Crippen LogP contribution in [-0.4, -0.2) is 77.2 Å². The van der Waals surface area contributed by atoms with Gasteiger partial charge in [0.1, 0.15) is 11.7 Å². The Morgan fingerprint density at radius 1 is 1.16 bits per heavy atom. The van der Waals surface area contributed by atoms with Gasteiger partial charge in [-0.3, -0.25) is 9.36 Å². The zero-order valence-electron chi connectivity index (χ0n) is 19.7. The number of hydrogen-bond acceptors (Lipinski definition) is 9. The molecule has 0 spiro atoms. The molecule has 0 amide bonds. The molecule has 4 rings (SSSR count). The van der Waals surface area contributed by atoms with E-state index in [0.717, 1.165) is 0 Å². The Labute approximate surface area is 219 Å². The van der Waals surface area contributed by atoms with E-state index in [1.54, 1.807) is 12.1 Å². The zero-order valence-corrected chi connectivity index (χ0v) is 20.4. The van der Waals surface area contributed by atoms with E-state index in [2.05, 4.69) is 15.0 Å². The van der Waals surface area contributed by atoms with Gasteiger partial charge in [-0.1, -0.05) is 24.3 Å². The molecule has 5 N–H and O–H groups in total. The number of imidazole rings is 1. The number of fused-ring (bicyclic) bond motifs is 1. The highest BCUT2D eigenvalue weighted by molar-refractivity contribution is 6.28. The molecule has 0 bridgehead atoms. The largest absolute Gasteiger partial charge is 0.481 e. The maximum Gasteiger partial charge on any atom is 0.348 e. The first-order chi connectivity index (χ1) is 18.0. The van der Waals surface area contributed by atoms with Gasteiger partial charge in [-0.15, -0.1) is 0 Å². The van der Waals surface area contributed by atoms with Crippen LogP contribution in [0.2, 0.25) is 5.28 Å². The van der Waals surface area contributed by atoms with Crippen LogP contribution in [0, 0.1) is 0 Å². The number of aryl methyl sites for hydroxylation is 1. The number of aromatic nitrogens is 4. The lowest BCUT2D eigenvalue weighted by Crippen LogP contribution is -2.52. The third kappa shape index (κ3) is 5.51. The van der Waals surface area contributed by atoms with Gasteiger partial charge in [0.15, 0.2) is 17.7 Å². The number of alkyl halides is 1. The predicted octanol–water partition coefficient (Wildman–Crippen LogP) is 1.87. The molecule has 3 atom stereocenters. The van der Waals surface area contributed by atoms with E-state index >= 15 is 0 Å². The molecule has 1 aliphatic heterocycles. The summed E-state index contributed by atoms with van der Waals surface area (Å²) in [7, 11) is 0. The summed E-state index contributed by atoms with van der Waals surface area (Å²) >= 11 is 5.85. The Morgan fingerprint density at radius 2 is 1.82 bits per heavy atom. The molecular formula is C23H23ClFN5O8. The number of ether oxygens (including phenoxy) is 2. The van der Waals surface area contributed by atoms with Gasteiger partial charge in [0, 0.05) is 19.3 Å². The van der Waals surface area contributed by atoms with Gasteiger partial charge in [0.25, 0.3) is 5.60 Å². The molecule has 2 aromatic heterocycles. The first kappa shape index (κ1) is 27.2. The van der Waals surface area contributed by atoms with Gasteiger partial charge >= 0.3 is 17.9 Å². The van der Waals surface area contributed by atoms with Crippen molar-refractivity contribution in [3.63, 3.8) is 0 Å². The summed E-state index contributed by atoms with van der Waals surface area (Å²) in [6.45, 7) is -0.531. The summed E-state index contributed by atoms with van der Waals surface area (Å²) in [6.07, 6.45) is -3.11. The first-order valence-electron chi connectivity index (χ1n) is 11.4. The Balaban J connectivity index is 1.48. The molecule has 1 aliphatic rings. The number of nitrogen functional groups attached to an aromatic ring is 1. The average Bonchev–Trinajstić information content (AvgIpc) is 3.43. The van der Waals surface area contributed by atoms with E-state index in [1.807, 2.05) is 0 Å². The third-order valence-electron chi connectivity index (χ3n) is 6.13. The quantitative estimate of drug-likeness (QED) is 0.199. The molecule has 3 aromatic rings. The second-order valence-electron chi connectivity index (χ2n) is 8.74. The highest BCUT2D eigenvalue weighted by Gasteiger charge is 2.50. The standard InChI is InChI=1S/C23H23ClFN5O8/c24-22-28-17(26)16-18(29-22)30(10-27-16)19-14(25)7-13(38-19)9-37-23(20(33)34,21(35)36)8-12-3-1-11(2-4-12)5-6-15(31)32/h1-4,10,13-14,19H,5-9H2,(H,31,32)(H,33,34)(H,35,36)(H2,26,28,29). The van der Waals surface area contributed by atoms with E-state index in [9.17, 15) is 29.0 Å². The SMILES string of the molecule is Nc1nc(Cl)nc2c1ncn2C1OC(COC(Cc2ccc(CCC(=O)O)cc2)(C(=O)O)C(=O)O)CC1F. The van der Waals surface area contributed by atoms with Crippen molar-refractivity contribution in [2.45, 2.75) is 49.8 Å². The maximum absolute atomic E-state index is 15.0. The normalized spacial score (nSPS) is 19.6. The van der Waals surface area contributed by atoms with Gasteiger partial charge in [-0.05, 0) is 29.1 Å². The number of hydrogen-bond donors (Lipinski definition) is 4. The minimum absolute atomic E-state index is 0.00495. The summed E-state index contributed by atoms with van der Waals surface area (Å²) in [5.74, 6) is -4.45. The topological polar surface area (TPSA) is 200 Å². The second-order valence-corrected chi connectivity index (χ2v) is 9.08. The lowest BCUT2D eigenvalue weighted by Gasteiger charge is -2.27. The summed E-state index contributed by atoms with van der Waals surface area (Å²) in [4.78, 5) is 46.8. The van der Waals surface area contributed by atoms with E-state index < -0.39 is 55.0 Å². The van der Waals surface area contributed by atoms with Crippen LogP contribution in [0.5, 0.6) is 0 Å². The summed E-state index contributed by atoms with van der Waals surface area (Å²) in [5.41, 5.74) is 4.45. The molecule has 0 aliphatic carbocycles. The minimum atomic E-state index is -2.67. The molecule has 15 heteroatoms. The van der Waals surface area contributed by atoms with Gasteiger partial charge in [0.05, 0.1) is 19.0 Å². The van der Waals surface area contributed by atoms with Crippen molar-refractivity contribution in [2.24, 2.45) is 0 Å². The van der Waals surface area contributed by atoms with Gasteiger partial charge in [0.2, 0.25) is 5.28 Å². The molecular weight excluding hydrogens is 529 g/mol. The molecule has 1 aromatic carbocycles. The fourth-order valence-electron chi connectivity index (χ4n) is 4.16. The number of nitrogens with two attached hydrogens (primary N) is 1. The lowest BCUT2D eigenvalue weighted by atomic mass is 9.93. The van der Waals surface area contributed by atoms with Crippen molar-refractivity contribution in [1.29, 1.82) is 0 Å². The number of carboxylic acids is 3. The van der Waals surface area contributed by atoms with Crippen molar-refractivity contribution in [3.8, 4) is 0 Å². The first-order valence-corrected chi connectivity index (χ1v) is 11.7. The van der Waals surface area contributed by atoms with Crippen LogP contribution in [0.15, 0.2) is 30.6 Å². The van der Waals surface area contributed by atoms with Gasteiger partial charge < -0.3 is 30.5 Å². The molecule has 1 fully saturated rings. The van der Waals surface area contributed by atoms with Crippen LogP contribution in [0.4, 0.5) is 10.2 Å². The van der Waals surface area contributed by atoms with Crippen molar-refractivity contribution >= 4 is 46.5 Å². The van der Waals surface area contributed by atoms with Crippen molar-refractivity contribution in [3.05, 3.63) is 47.0 Å². The highest BCUT2D eigenvalue weighted by Crippen LogP contribution is 2.35. The van der Waals surface area contributed by atoms with Crippen LogP contribution in [0.1, 0.15) is 30.2 Å². The Morgan fingerprint density at radius 3 is 2.45 bits per heavy atom. The number of aliphatic carboxylic acids is 3. The molecule has 3 unspecified atom stereocenters. The average molecular weight is 552 g/mol. The number of carboxylic acid groups (broad SMARTS) is 3. The smallest absolute Gasteiger partial charge is 0.348 e. The second kappa shape index (κ2) is 10.8. The van der Waals surface area contributed by atoms with Gasteiger partial charge in [-0.2, -0.15) is 9.97 Å². The monoisotopic (exact) mass is 551 g/mol. The zero-order chi connectivity index (χ0) is 27.6. The molecule has 38 heavy (non-hydrogen) atoms. The Hall–Kier alpha value is -3.88. The Kier molecular flexibility index (Phi) is 7.76. The van der Waals surface area contributed by atoms with E-state index in [0.29, 0.717) is 11.1 Å². The lowest BCUT2D eigenvalue weighted by molar-refractivity contribution is -0.188. The summed E-state index contributed by atoms with van der Waals surface area (Å²) in [5, 5.41) is 28.3. The molecule has 0 saturated carbocycles.